The Morgan fingerprint density at radius 1 is 1.35 bits per heavy atom. The van der Waals surface area contributed by atoms with E-state index in [1.54, 1.807) is 0 Å². The number of carbonyl (C=O) groups is 1. The van der Waals surface area contributed by atoms with Crippen LogP contribution in [0.5, 0.6) is 0 Å². The fourth-order valence-electron chi connectivity index (χ4n) is 2.06. The number of halogens is 1. The predicted molar refractivity (Wildman–Crippen MR) is 80.7 cm³/mol. The number of rotatable bonds is 2. The number of esters is 1. The predicted octanol–water partition coefficient (Wildman–Crippen LogP) is 3.43. The van der Waals surface area contributed by atoms with Gasteiger partial charge in [0.25, 0.3) is 0 Å². The lowest BCUT2D eigenvalue weighted by Gasteiger charge is -2.30. The van der Waals surface area contributed by atoms with Crippen molar-refractivity contribution in [3.8, 4) is 0 Å². The van der Waals surface area contributed by atoms with Crippen molar-refractivity contribution >= 4 is 28.3 Å². The summed E-state index contributed by atoms with van der Waals surface area (Å²) in [6.45, 7) is 7.35. The Hall–Kier alpha value is -1.36. The molecule has 0 N–H and O–H groups in total. The van der Waals surface area contributed by atoms with Crippen LogP contribution in [-0.4, -0.2) is 24.0 Å². The molecule has 0 radical (unpaired) electrons. The highest BCUT2D eigenvalue weighted by Crippen LogP contribution is 2.35. The molecule has 20 heavy (non-hydrogen) atoms. The monoisotopic (exact) mass is 339 g/mol. The van der Waals surface area contributed by atoms with Crippen molar-refractivity contribution in [2.24, 2.45) is 4.99 Å². The van der Waals surface area contributed by atoms with Crippen molar-refractivity contribution in [1.82, 2.24) is 0 Å². The first-order valence-electron chi connectivity index (χ1n) is 6.41. The molecule has 2 rings (SSSR count). The van der Waals surface area contributed by atoms with Crippen LogP contribution in [0.15, 0.2) is 33.7 Å². The van der Waals surface area contributed by atoms with Gasteiger partial charge in [-0.3, -0.25) is 0 Å². The van der Waals surface area contributed by atoms with Gasteiger partial charge in [-0.05, 0) is 45.4 Å². The lowest BCUT2D eigenvalue weighted by molar-refractivity contribution is -0.160. The zero-order valence-electron chi connectivity index (χ0n) is 12.0. The highest BCUT2D eigenvalue weighted by molar-refractivity contribution is 9.10. The van der Waals surface area contributed by atoms with E-state index in [9.17, 15) is 4.79 Å². The summed E-state index contributed by atoms with van der Waals surface area (Å²) < 4.78 is 12.0. The van der Waals surface area contributed by atoms with Crippen LogP contribution >= 0.6 is 15.9 Å². The van der Waals surface area contributed by atoms with E-state index in [4.69, 9.17) is 9.47 Å². The first-order chi connectivity index (χ1) is 9.22. The van der Waals surface area contributed by atoms with Gasteiger partial charge in [0.2, 0.25) is 0 Å². The summed E-state index contributed by atoms with van der Waals surface area (Å²) in [5.74, 6) is -0.378. The van der Waals surface area contributed by atoms with Gasteiger partial charge in [0.15, 0.2) is 18.0 Å². The third-order valence-corrected chi connectivity index (χ3v) is 3.61. The lowest BCUT2D eigenvalue weighted by Crippen LogP contribution is -2.42. The number of nitrogens with zero attached hydrogens (tertiary/aromatic N) is 1. The highest BCUT2D eigenvalue weighted by Gasteiger charge is 2.47. The third kappa shape index (κ3) is 3.03. The molecule has 5 heteroatoms. The minimum absolute atomic E-state index is 0.378. The molecular formula is C15H18BrNO3. The number of hydrogen-bond acceptors (Lipinski definition) is 4. The smallest absolute Gasteiger partial charge is 0.336 e. The van der Waals surface area contributed by atoms with Crippen molar-refractivity contribution in [2.75, 3.05) is 0 Å². The fourth-order valence-corrected chi connectivity index (χ4v) is 2.32. The molecule has 4 nitrogen and oxygen atoms in total. The Morgan fingerprint density at radius 2 is 1.95 bits per heavy atom. The zero-order chi connectivity index (χ0) is 15.0. The summed E-state index contributed by atoms with van der Waals surface area (Å²) in [4.78, 5) is 16.4. The second kappa shape index (κ2) is 5.20. The van der Waals surface area contributed by atoms with Crippen LogP contribution in [0.25, 0.3) is 0 Å². The minimum atomic E-state index is -0.830. The molecule has 108 valence electrons. The van der Waals surface area contributed by atoms with Gasteiger partial charge in [0, 0.05) is 4.47 Å². The average Bonchev–Trinajstić information content (AvgIpc) is 2.71. The number of aliphatic imine (C=N–C) groups is 1. The van der Waals surface area contributed by atoms with Crippen LogP contribution in [0.2, 0.25) is 0 Å². The standard InChI is InChI=1S/C15H18BrNO3/c1-14(2,3)20-13(18)12-15(4,19-9-17-12)10-5-7-11(16)8-6-10/h5-9,12H,1-4H3/t12-,15-/m0/s1. The molecule has 0 amide bonds. The highest BCUT2D eigenvalue weighted by atomic mass is 79.9. The molecule has 0 unspecified atom stereocenters. The summed E-state index contributed by atoms with van der Waals surface area (Å²) in [5, 5.41) is 0. The van der Waals surface area contributed by atoms with Crippen LogP contribution in [0.4, 0.5) is 0 Å². The van der Waals surface area contributed by atoms with Gasteiger partial charge in [-0.1, -0.05) is 28.1 Å². The Kier molecular flexibility index (Phi) is 3.91. The van der Waals surface area contributed by atoms with E-state index in [1.807, 2.05) is 52.0 Å². The van der Waals surface area contributed by atoms with Crippen LogP contribution in [0.1, 0.15) is 33.3 Å². The molecule has 0 bridgehead atoms. The quantitative estimate of drug-likeness (QED) is 0.775. The SMILES string of the molecule is CC(C)(C)OC(=O)[C@@H]1N=CO[C@@]1(C)c1ccc(Br)cc1. The average molecular weight is 340 g/mol. The number of hydrogen-bond donors (Lipinski definition) is 0. The largest absolute Gasteiger partial charge is 0.470 e. The van der Waals surface area contributed by atoms with Crippen LogP contribution in [0.3, 0.4) is 0 Å². The van der Waals surface area contributed by atoms with Gasteiger partial charge in [0.1, 0.15) is 5.60 Å². The maximum absolute atomic E-state index is 12.3. The van der Waals surface area contributed by atoms with Gasteiger partial charge in [-0.15, -0.1) is 0 Å². The van der Waals surface area contributed by atoms with Crippen molar-refractivity contribution in [2.45, 2.75) is 44.9 Å². The molecule has 1 aromatic carbocycles. The summed E-state index contributed by atoms with van der Waals surface area (Å²) in [5.41, 5.74) is -0.493. The minimum Gasteiger partial charge on any atom is -0.470 e. The number of ether oxygens (including phenoxy) is 2. The van der Waals surface area contributed by atoms with Gasteiger partial charge < -0.3 is 9.47 Å². The second-order valence-corrected chi connectivity index (χ2v) is 6.84. The molecule has 1 heterocycles. The summed E-state index contributed by atoms with van der Waals surface area (Å²) in [7, 11) is 0. The van der Waals surface area contributed by atoms with Crippen LogP contribution < -0.4 is 0 Å². The van der Waals surface area contributed by atoms with Crippen LogP contribution in [-0.2, 0) is 19.9 Å². The van der Waals surface area contributed by atoms with E-state index in [0.717, 1.165) is 10.0 Å². The maximum atomic E-state index is 12.3. The Morgan fingerprint density at radius 3 is 2.50 bits per heavy atom. The maximum Gasteiger partial charge on any atom is 0.336 e. The molecule has 2 atom stereocenters. The first-order valence-corrected chi connectivity index (χ1v) is 7.20. The summed E-state index contributed by atoms with van der Waals surface area (Å²) in [6.07, 6.45) is 1.33. The van der Waals surface area contributed by atoms with Crippen molar-refractivity contribution in [3.63, 3.8) is 0 Å². The van der Waals surface area contributed by atoms with E-state index in [-0.39, 0.29) is 5.97 Å². The van der Waals surface area contributed by atoms with Crippen LogP contribution in [0, 0.1) is 0 Å². The Labute approximate surface area is 127 Å². The van der Waals surface area contributed by atoms with E-state index in [0.29, 0.717) is 0 Å². The molecule has 1 aromatic rings. The Balaban J connectivity index is 2.27. The molecule has 0 saturated heterocycles. The lowest BCUT2D eigenvalue weighted by atomic mass is 9.88. The van der Waals surface area contributed by atoms with Gasteiger partial charge in [-0.2, -0.15) is 0 Å². The van der Waals surface area contributed by atoms with E-state index < -0.39 is 17.2 Å². The first kappa shape index (κ1) is 15.0. The number of benzene rings is 1. The molecule has 1 aliphatic heterocycles. The van der Waals surface area contributed by atoms with E-state index in [1.165, 1.54) is 6.40 Å². The summed E-state index contributed by atoms with van der Waals surface area (Å²) >= 11 is 3.39. The third-order valence-electron chi connectivity index (χ3n) is 3.08. The molecule has 0 aliphatic carbocycles. The summed E-state index contributed by atoms with van der Waals surface area (Å²) in [6, 6.07) is 6.96. The molecule has 0 saturated carbocycles. The topological polar surface area (TPSA) is 47.9 Å². The molecule has 0 aromatic heterocycles. The second-order valence-electron chi connectivity index (χ2n) is 5.92. The molecule has 1 aliphatic rings. The Bertz CT molecular complexity index is 533. The van der Waals surface area contributed by atoms with Gasteiger partial charge in [0.05, 0.1) is 0 Å². The van der Waals surface area contributed by atoms with E-state index in [2.05, 4.69) is 20.9 Å². The van der Waals surface area contributed by atoms with Crippen molar-refractivity contribution in [1.29, 1.82) is 0 Å². The van der Waals surface area contributed by atoms with Crippen molar-refractivity contribution < 1.29 is 14.3 Å². The van der Waals surface area contributed by atoms with Gasteiger partial charge in [-0.25, -0.2) is 9.79 Å². The molecule has 0 spiro atoms. The fraction of sp³-hybridized carbons (Fsp3) is 0.467. The zero-order valence-corrected chi connectivity index (χ0v) is 13.6. The number of carbonyl (C=O) groups excluding carboxylic acids is 1. The molecule has 0 fully saturated rings. The van der Waals surface area contributed by atoms with Crippen molar-refractivity contribution in [3.05, 3.63) is 34.3 Å². The van der Waals surface area contributed by atoms with Gasteiger partial charge >= 0.3 is 5.97 Å². The molecular weight excluding hydrogens is 322 g/mol. The van der Waals surface area contributed by atoms with E-state index >= 15 is 0 Å². The normalized spacial score (nSPS) is 25.4.